The minimum Gasteiger partial charge on any atom is -0.480 e. The fourth-order valence-electron chi connectivity index (χ4n) is 1.60. The Morgan fingerprint density at radius 1 is 1.35 bits per heavy atom. The van der Waals surface area contributed by atoms with Crippen molar-refractivity contribution in [1.29, 1.82) is 0 Å². The highest BCUT2D eigenvalue weighted by Gasteiger charge is 2.15. The van der Waals surface area contributed by atoms with Crippen LogP contribution in [-0.4, -0.2) is 9.91 Å². The van der Waals surface area contributed by atoms with Gasteiger partial charge in [-0.2, -0.15) is 0 Å². The average Bonchev–Trinajstić information content (AvgIpc) is 2.46. The van der Waals surface area contributed by atoms with Crippen LogP contribution < -0.4 is 10.5 Å². The Kier molecular flexibility index (Phi) is 4.65. The molecule has 1 heterocycles. The summed E-state index contributed by atoms with van der Waals surface area (Å²) >= 11 is 3.28. The van der Waals surface area contributed by atoms with Crippen LogP contribution in [0.2, 0.25) is 0 Å². The fourth-order valence-corrected chi connectivity index (χ4v) is 1.83. The topological polar surface area (TPSA) is 91.3 Å². The lowest BCUT2D eigenvalue weighted by molar-refractivity contribution is -0.386. The number of pyridine rings is 1. The zero-order valence-electron chi connectivity index (χ0n) is 10.5. The largest absolute Gasteiger partial charge is 0.480 e. The maximum atomic E-state index is 10.9. The van der Waals surface area contributed by atoms with E-state index in [1.807, 2.05) is 6.07 Å². The first-order chi connectivity index (χ1) is 9.60. The van der Waals surface area contributed by atoms with Crippen molar-refractivity contribution in [3.63, 3.8) is 0 Å². The first kappa shape index (κ1) is 14.4. The summed E-state index contributed by atoms with van der Waals surface area (Å²) in [7, 11) is 0. The van der Waals surface area contributed by atoms with Crippen molar-refractivity contribution < 1.29 is 9.66 Å². The van der Waals surface area contributed by atoms with Gasteiger partial charge in [0.1, 0.15) is 6.61 Å². The molecule has 2 aromatic rings. The van der Waals surface area contributed by atoms with E-state index in [-0.39, 0.29) is 18.0 Å². The molecule has 0 saturated heterocycles. The van der Waals surface area contributed by atoms with Crippen LogP contribution in [0.15, 0.2) is 41.0 Å². The van der Waals surface area contributed by atoms with Gasteiger partial charge in [0.25, 0.3) is 0 Å². The number of halogens is 1. The van der Waals surface area contributed by atoms with Crippen molar-refractivity contribution in [3.05, 3.63) is 62.4 Å². The summed E-state index contributed by atoms with van der Waals surface area (Å²) in [5, 5.41) is 10.9. The van der Waals surface area contributed by atoms with E-state index in [4.69, 9.17) is 10.5 Å². The SMILES string of the molecule is NCc1ccc([N+](=O)[O-])c(OCc2ccc(Br)cn2)c1. The molecule has 0 radical (unpaired) electrons. The Balaban J connectivity index is 2.18. The maximum absolute atomic E-state index is 10.9. The lowest BCUT2D eigenvalue weighted by Gasteiger charge is -2.08. The van der Waals surface area contributed by atoms with Crippen LogP contribution in [0.1, 0.15) is 11.3 Å². The normalized spacial score (nSPS) is 10.3. The molecule has 20 heavy (non-hydrogen) atoms. The Bertz CT molecular complexity index is 617. The molecule has 0 fully saturated rings. The lowest BCUT2D eigenvalue weighted by Crippen LogP contribution is -2.03. The van der Waals surface area contributed by atoms with E-state index in [9.17, 15) is 10.1 Å². The Morgan fingerprint density at radius 3 is 2.75 bits per heavy atom. The average molecular weight is 338 g/mol. The number of hydrogen-bond acceptors (Lipinski definition) is 5. The van der Waals surface area contributed by atoms with E-state index in [0.29, 0.717) is 12.2 Å². The smallest absolute Gasteiger partial charge is 0.310 e. The number of aromatic nitrogens is 1. The van der Waals surface area contributed by atoms with E-state index in [0.717, 1.165) is 10.0 Å². The van der Waals surface area contributed by atoms with Gasteiger partial charge in [-0.05, 0) is 39.7 Å². The summed E-state index contributed by atoms with van der Waals surface area (Å²) in [6.45, 7) is 0.451. The van der Waals surface area contributed by atoms with Gasteiger partial charge in [0.2, 0.25) is 0 Å². The second-order valence-corrected chi connectivity index (χ2v) is 4.94. The zero-order chi connectivity index (χ0) is 14.5. The van der Waals surface area contributed by atoms with Gasteiger partial charge in [-0.1, -0.05) is 6.07 Å². The first-order valence-corrected chi connectivity index (χ1v) is 6.60. The highest BCUT2D eigenvalue weighted by molar-refractivity contribution is 9.10. The molecule has 6 nitrogen and oxygen atoms in total. The summed E-state index contributed by atoms with van der Waals surface area (Å²) in [5.41, 5.74) is 6.90. The number of nitro groups is 1. The monoisotopic (exact) mass is 337 g/mol. The molecule has 0 spiro atoms. The molecule has 0 bridgehead atoms. The molecule has 0 aliphatic heterocycles. The highest BCUT2D eigenvalue weighted by Crippen LogP contribution is 2.28. The number of benzene rings is 1. The van der Waals surface area contributed by atoms with E-state index in [2.05, 4.69) is 20.9 Å². The number of rotatable bonds is 5. The summed E-state index contributed by atoms with van der Waals surface area (Å²) in [4.78, 5) is 14.6. The summed E-state index contributed by atoms with van der Waals surface area (Å²) in [6.07, 6.45) is 1.64. The minimum absolute atomic E-state index is 0.0840. The minimum atomic E-state index is -0.482. The van der Waals surface area contributed by atoms with E-state index in [1.165, 1.54) is 6.07 Å². The summed E-state index contributed by atoms with van der Waals surface area (Å²) < 4.78 is 6.35. The molecular formula is C13H12BrN3O3. The number of nitro benzene ring substituents is 1. The van der Waals surface area contributed by atoms with E-state index < -0.39 is 4.92 Å². The molecule has 0 amide bonds. The van der Waals surface area contributed by atoms with Crippen LogP contribution in [0, 0.1) is 10.1 Å². The van der Waals surface area contributed by atoms with E-state index >= 15 is 0 Å². The summed E-state index contributed by atoms with van der Waals surface area (Å²) in [6, 6.07) is 8.20. The predicted molar refractivity (Wildman–Crippen MR) is 77.3 cm³/mol. The van der Waals surface area contributed by atoms with Gasteiger partial charge < -0.3 is 10.5 Å². The van der Waals surface area contributed by atoms with Crippen LogP contribution in [0.4, 0.5) is 5.69 Å². The maximum Gasteiger partial charge on any atom is 0.310 e. The van der Waals surface area contributed by atoms with Crippen LogP contribution in [0.3, 0.4) is 0 Å². The van der Waals surface area contributed by atoms with Crippen molar-refractivity contribution in [2.45, 2.75) is 13.2 Å². The molecule has 0 atom stereocenters. The number of ether oxygens (including phenoxy) is 1. The molecule has 2 rings (SSSR count). The van der Waals surface area contributed by atoms with Crippen molar-refractivity contribution in [1.82, 2.24) is 4.98 Å². The Morgan fingerprint density at radius 2 is 2.15 bits per heavy atom. The molecule has 0 aliphatic rings. The van der Waals surface area contributed by atoms with Crippen LogP contribution in [0.5, 0.6) is 5.75 Å². The number of nitrogens with zero attached hydrogens (tertiary/aromatic N) is 2. The molecule has 2 N–H and O–H groups in total. The van der Waals surface area contributed by atoms with Crippen molar-refractivity contribution in [3.8, 4) is 5.75 Å². The van der Waals surface area contributed by atoms with Crippen LogP contribution in [-0.2, 0) is 13.2 Å². The molecule has 1 aromatic heterocycles. The third-order valence-electron chi connectivity index (χ3n) is 2.62. The molecule has 0 saturated carbocycles. The molecule has 104 valence electrons. The van der Waals surface area contributed by atoms with Gasteiger partial charge in [-0.3, -0.25) is 15.1 Å². The van der Waals surface area contributed by atoms with Gasteiger partial charge in [0.05, 0.1) is 10.6 Å². The Hall–Kier alpha value is -1.99. The molecule has 0 unspecified atom stereocenters. The third-order valence-corrected chi connectivity index (χ3v) is 3.09. The predicted octanol–water partition coefficient (Wildman–Crippen LogP) is 2.79. The van der Waals surface area contributed by atoms with Gasteiger partial charge in [0, 0.05) is 23.3 Å². The molecular weight excluding hydrogens is 326 g/mol. The standard InChI is InChI=1S/C13H12BrN3O3/c14-10-2-3-11(16-7-10)8-20-13-5-9(6-15)1-4-12(13)17(18)19/h1-5,7H,6,8,15H2. The van der Waals surface area contributed by atoms with Crippen molar-refractivity contribution in [2.24, 2.45) is 5.73 Å². The third kappa shape index (κ3) is 3.52. The highest BCUT2D eigenvalue weighted by atomic mass is 79.9. The van der Waals surface area contributed by atoms with Crippen LogP contribution >= 0.6 is 15.9 Å². The van der Waals surface area contributed by atoms with E-state index in [1.54, 1.807) is 24.4 Å². The van der Waals surface area contributed by atoms with Gasteiger partial charge >= 0.3 is 5.69 Å². The second kappa shape index (κ2) is 6.44. The van der Waals surface area contributed by atoms with Crippen LogP contribution in [0.25, 0.3) is 0 Å². The number of hydrogen-bond donors (Lipinski definition) is 1. The van der Waals surface area contributed by atoms with Gasteiger partial charge in [0.15, 0.2) is 5.75 Å². The first-order valence-electron chi connectivity index (χ1n) is 5.81. The fraction of sp³-hybridized carbons (Fsp3) is 0.154. The van der Waals surface area contributed by atoms with Gasteiger partial charge in [-0.15, -0.1) is 0 Å². The second-order valence-electron chi connectivity index (χ2n) is 4.02. The Labute approximate surface area is 123 Å². The van der Waals surface area contributed by atoms with Crippen molar-refractivity contribution in [2.75, 3.05) is 0 Å². The summed E-state index contributed by atoms with van der Waals surface area (Å²) in [5.74, 6) is 0.197. The quantitative estimate of drug-likeness (QED) is 0.669. The zero-order valence-corrected chi connectivity index (χ0v) is 12.0. The molecule has 1 aromatic carbocycles. The van der Waals surface area contributed by atoms with Crippen molar-refractivity contribution >= 4 is 21.6 Å². The van der Waals surface area contributed by atoms with Gasteiger partial charge in [-0.25, -0.2) is 0 Å². The lowest BCUT2D eigenvalue weighted by atomic mass is 10.2. The number of nitrogens with two attached hydrogens (primary N) is 1. The molecule has 0 aliphatic carbocycles. The molecule has 7 heteroatoms.